The number of β-amino-alcohol motifs (C(OH)–C–C–N with tert-alkyl or cyclic N) is 1. The van der Waals surface area contributed by atoms with Gasteiger partial charge in [-0.3, -0.25) is 14.5 Å². The first kappa shape index (κ1) is 17.2. The lowest BCUT2D eigenvalue weighted by molar-refractivity contribution is -0.148. The molecule has 0 bridgehead atoms. The van der Waals surface area contributed by atoms with Crippen molar-refractivity contribution in [2.24, 2.45) is 11.3 Å². The first-order chi connectivity index (χ1) is 11.4. The summed E-state index contributed by atoms with van der Waals surface area (Å²) in [6, 6.07) is 5.16. The molecule has 2 saturated heterocycles. The number of rotatable bonds is 4. The van der Waals surface area contributed by atoms with Crippen LogP contribution in [0.4, 0.5) is 0 Å². The van der Waals surface area contributed by atoms with Crippen molar-refractivity contribution in [2.75, 3.05) is 39.3 Å². The highest BCUT2D eigenvalue weighted by Gasteiger charge is 2.58. The van der Waals surface area contributed by atoms with E-state index in [-0.39, 0.29) is 25.0 Å². The highest BCUT2D eigenvalue weighted by Crippen LogP contribution is 2.43. The van der Waals surface area contributed by atoms with Crippen molar-refractivity contribution in [2.45, 2.75) is 6.92 Å². The van der Waals surface area contributed by atoms with Gasteiger partial charge in [-0.15, -0.1) is 0 Å². The molecule has 7 heteroatoms. The van der Waals surface area contributed by atoms with E-state index in [1.165, 1.54) is 0 Å². The third-order valence-corrected chi connectivity index (χ3v) is 5.63. The summed E-state index contributed by atoms with van der Waals surface area (Å²) in [4.78, 5) is 28.2. The SMILES string of the molecule is Cc1ccc(C(=O)N2CC3CN(CCO)C[C@@]3(C(=O)O)C2)cc1Cl. The summed E-state index contributed by atoms with van der Waals surface area (Å²) in [5, 5.41) is 19.4. The average molecular weight is 353 g/mol. The Morgan fingerprint density at radius 3 is 2.67 bits per heavy atom. The maximum atomic E-state index is 12.7. The molecule has 0 spiro atoms. The number of carboxylic acids is 1. The molecule has 1 unspecified atom stereocenters. The van der Waals surface area contributed by atoms with Crippen LogP contribution in [-0.4, -0.2) is 71.2 Å². The minimum atomic E-state index is -0.945. The Kier molecular flexibility index (Phi) is 4.55. The molecule has 0 aliphatic carbocycles. The molecule has 0 saturated carbocycles. The molecular formula is C17H21ClN2O4. The van der Waals surface area contributed by atoms with E-state index in [9.17, 15) is 14.7 Å². The number of carbonyl (C=O) groups is 2. The molecule has 24 heavy (non-hydrogen) atoms. The van der Waals surface area contributed by atoms with Gasteiger partial charge in [-0.2, -0.15) is 0 Å². The lowest BCUT2D eigenvalue weighted by Crippen LogP contribution is -2.42. The molecule has 2 atom stereocenters. The van der Waals surface area contributed by atoms with E-state index >= 15 is 0 Å². The molecule has 130 valence electrons. The predicted molar refractivity (Wildman–Crippen MR) is 89.2 cm³/mol. The van der Waals surface area contributed by atoms with Gasteiger partial charge < -0.3 is 15.1 Å². The Morgan fingerprint density at radius 1 is 1.33 bits per heavy atom. The number of aryl methyl sites for hydroxylation is 1. The van der Waals surface area contributed by atoms with Crippen LogP contribution in [0.3, 0.4) is 0 Å². The topological polar surface area (TPSA) is 81.1 Å². The Labute approximate surface area is 145 Å². The normalized spacial score (nSPS) is 26.6. The van der Waals surface area contributed by atoms with Crippen LogP contribution in [0.25, 0.3) is 0 Å². The van der Waals surface area contributed by atoms with Crippen LogP contribution < -0.4 is 0 Å². The summed E-state index contributed by atoms with van der Waals surface area (Å²) in [5.41, 5.74) is 0.436. The van der Waals surface area contributed by atoms with E-state index < -0.39 is 11.4 Å². The predicted octanol–water partition coefficient (Wildman–Crippen LogP) is 1.10. The summed E-state index contributed by atoms with van der Waals surface area (Å²) in [6.07, 6.45) is 0. The zero-order chi connectivity index (χ0) is 17.5. The summed E-state index contributed by atoms with van der Waals surface area (Å²) in [6.45, 7) is 3.90. The molecule has 2 fully saturated rings. The van der Waals surface area contributed by atoms with E-state index in [2.05, 4.69) is 0 Å². The van der Waals surface area contributed by atoms with E-state index in [0.717, 1.165) is 5.56 Å². The maximum absolute atomic E-state index is 12.7. The first-order valence-corrected chi connectivity index (χ1v) is 8.37. The van der Waals surface area contributed by atoms with Gasteiger partial charge in [-0.05, 0) is 24.6 Å². The third-order valence-electron chi connectivity index (χ3n) is 5.23. The second-order valence-corrected chi connectivity index (χ2v) is 7.17. The van der Waals surface area contributed by atoms with Crippen LogP contribution in [0.2, 0.25) is 5.02 Å². The zero-order valence-corrected chi connectivity index (χ0v) is 14.3. The van der Waals surface area contributed by atoms with E-state index in [0.29, 0.717) is 36.8 Å². The third kappa shape index (κ3) is 2.79. The number of carbonyl (C=O) groups excluding carboxylic acids is 1. The van der Waals surface area contributed by atoms with E-state index in [1.807, 2.05) is 11.8 Å². The van der Waals surface area contributed by atoms with Crippen molar-refractivity contribution in [3.05, 3.63) is 34.3 Å². The highest BCUT2D eigenvalue weighted by molar-refractivity contribution is 6.31. The van der Waals surface area contributed by atoms with Crippen LogP contribution in [0.5, 0.6) is 0 Å². The van der Waals surface area contributed by atoms with Gasteiger partial charge in [0.1, 0.15) is 5.41 Å². The minimum Gasteiger partial charge on any atom is -0.481 e. The molecule has 1 aromatic carbocycles. The molecule has 1 aromatic rings. The van der Waals surface area contributed by atoms with Gasteiger partial charge in [0.15, 0.2) is 0 Å². The smallest absolute Gasteiger partial charge is 0.313 e. The molecule has 2 aliphatic heterocycles. The standard InChI is InChI=1S/C17H21ClN2O4/c1-11-2-3-12(6-14(11)18)15(22)20-8-13-7-19(4-5-21)9-17(13,10-20)16(23)24/h2-3,6,13,21H,4-5,7-10H2,1H3,(H,23,24)/t13?,17-/m1/s1. The van der Waals surface area contributed by atoms with Crippen molar-refractivity contribution in [1.82, 2.24) is 9.80 Å². The Morgan fingerprint density at radius 2 is 2.08 bits per heavy atom. The van der Waals surface area contributed by atoms with Crippen LogP contribution in [-0.2, 0) is 4.79 Å². The molecule has 2 N–H and O–H groups in total. The summed E-state index contributed by atoms with van der Waals surface area (Å²) >= 11 is 6.10. The van der Waals surface area contributed by atoms with Gasteiger partial charge in [0.05, 0.1) is 6.61 Å². The fourth-order valence-electron chi connectivity index (χ4n) is 3.85. The molecular weight excluding hydrogens is 332 g/mol. The number of benzene rings is 1. The Bertz CT molecular complexity index is 681. The summed E-state index contributed by atoms with van der Waals surface area (Å²) < 4.78 is 0. The number of aliphatic carboxylic acids is 1. The van der Waals surface area contributed by atoms with Crippen LogP contribution in [0, 0.1) is 18.3 Å². The van der Waals surface area contributed by atoms with E-state index in [4.69, 9.17) is 16.7 Å². The fourth-order valence-corrected chi connectivity index (χ4v) is 4.03. The Balaban J connectivity index is 1.80. The van der Waals surface area contributed by atoms with Gasteiger partial charge in [0, 0.05) is 49.2 Å². The fraction of sp³-hybridized carbons (Fsp3) is 0.529. The Hall–Kier alpha value is -1.63. The number of aliphatic hydroxyl groups is 1. The number of likely N-dealkylation sites (tertiary alicyclic amines) is 2. The van der Waals surface area contributed by atoms with Gasteiger partial charge in [0.2, 0.25) is 0 Å². The maximum Gasteiger partial charge on any atom is 0.313 e. The van der Waals surface area contributed by atoms with Gasteiger partial charge in [-0.25, -0.2) is 0 Å². The number of hydrogen-bond acceptors (Lipinski definition) is 4. The van der Waals surface area contributed by atoms with Gasteiger partial charge in [0.25, 0.3) is 5.91 Å². The van der Waals surface area contributed by atoms with Crippen LogP contribution >= 0.6 is 11.6 Å². The average Bonchev–Trinajstić information content (AvgIpc) is 3.04. The number of amides is 1. The number of hydrogen-bond donors (Lipinski definition) is 2. The number of aliphatic hydroxyl groups excluding tert-OH is 1. The second kappa shape index (κ2) is 6.35. The minimum absolute atomic E-state index is 0.00687. The second-order valence-electron chi connectivity index (χ2n) is 6.77. The molecule has 0 radical (unpaired) electrons. The molecule has 2 aliphatic rings. The summed E-state index contributed by atoms with van der Waals surface area (Å²) in [7, 11) is 0. The van der Waals surface area contributed by atoms with Crippen LogP contribution in [0.1, 0.15) is 15.9 Å². The van der Waals surface area contributed by atoms with Crippen molar-refractivity contribution in [1.29, 1.82) is 0 Å². The molecule has 6 nitrogen and oxygen atoms in total. The van der Waals surface area contributed by atoms with E-state index in [1.54, 1.807) is 23.1 Å². The first-order valence-electron chi connectivity index (χ1n) is 7.99. The molecule has 3 rings (SSSR count). The molecule has 2 heterocycles. The van der Waals surface area contributed by atoms with Crippen molar-refractivity contribution in [3.63, 3.8) is 0 Å². The number of halogens is 1. The quantitative estimate of drug-likeness (QED) is 0.848. The lowest BCUT2D eigenvalue weighted by Gasteiger charge is -2.25. The number of carboxylic acid groups (broad SMARTS) is 1. The number of nitrogens with zero attached hydrogens (tertiary/aromatic N) is 2. The molecule has 0 aromatic heterocycles. The van der Waals surface area contributed by atoms with Crippen LogP contribution in [0.15, 0.2) is 18.2 Å². The lowest BCUT2D eigenvalue weighted by atomic mass is 9.81. The zero-order valence-electron chi connectivity index (χ0n) is 13.5. The monoisotopic (exact) mass is 352 g/mol. The van der Waals surface area contributed by atoms with Crippen molar-refractivity contribution >= 4 is 23.5 Å². The summed E-state index contributed by atoms with van der Waals surface area (Å²) in [5.74, 6) is -1.17. The largest absolute Gasteiger partial charge is 0.481 e. The molecule has 1 amide bonds. The van der Waals surface area contributed by atoms with Crippen molar-refractivity contribution < 1.29 is 19.8 Å². The number of fused-ring (bicyclic) bond motifs is 1. The van der Waals surface area contributed by atoms with Crippen molar-refractivity contribution in [3.8, 4) is 0 Å². The highest BCUT2D eigenvalue weighted by atomic mass is 35.5. The van der Waals surface area contributed by atoms with Gasteiger partial charge in [-0.1, -0.05) is 17.7 Å². The van der Waals surface area contributed by atoms with Gasteiger partial charge >= 0.3 is 5.97 Å².